The van der Waals surface area contributed by atoms with Gasteiger partial charge in [0.2, 0.25) is 0 Å². The molecular formula is C13H18N2O2. The Morgan fingerprint density at radius 3 is 2.35 bits per heavy atom. The molecule has 1 aromatic rings. The molecule has 1 saturated heterocycles. The lowest BCUT2D eigenvalue weighted by Gasteiger charge is -2.19. The predicted octanol–water partition coefficient (Wildman–Crippen LogP) is 2.12. The van der Waals surface area contributed by atoms with Crippen LogP contribution in [0.15, 0.2) is 18.2 Å². The van der Waals surface area contributed by atoms with E-state index in [0.29, 0.717) is 17.3 Å². The monoisotopic (exact) mass is 234 g/mol. The minimum atomic E-state index is 0.573. The molecule has 2 rings (SSSR count). The van der Waals surface area contributed by atoms with Gasteiger partial charge >= 0.3 is 0 Å². The Kier molecular flexibility index (Phi) is 3.52. The van der Waals surface area contributed by atoms with E-state index in [2.05, 4.69) is 4.90 Å². The van der Waals surface area contributed by atoms with Crippen LogP contribution in [0.3, 0.4) is 0 Å². The molecule has 0 aromatic heterocycles. The molecule has 0 amide bonds. The van der Waals surface area contributed by atoms with Crippen LogP contribution in [0.4, 0.5) is 0 Å². The van der Waals surface area contributed by atoms with Crippen molar-refractivity contribution in [3.8, 4) is 11.5 Å². The summed E-state index contributed by atoms with van der Waals surface area (Å²) in [6, 6.07) is 5.61. The summed E-state index contributed by atoms with van der Waals surface area (Å²) in [5.41, 5.74) is 0.879. The van der Waals surface area contributed by atoms with Crippen LogP contribution in [0.5, 0.6) is 11.5 Å². The fourth-order valence-corrected chi connectivity index (χ4v) is 2.11. The lowest BCUT2D eigenvalue weighted by atomic mass is 10.1. The molecule has 1 aromatic carbocycles. The SMILES string of the molecule is COc1ccc(C(=N)N2CCCC2)cc1OC. The van der Waals surface area contributed by atoms with Gasteiger partial charge in [-0.3, -0.25) is 5.41 Å². The number of likely N-dealkylation sites (tertiary alicyclic amines) is 1. The number of methoxy groups -OCH3 is 2. The molecule has 17 heavy (non-hydrogen) atoms. The average Bonchev–Trinajstić information content (AvgIpc) is 2.90. The van der Waals surface area contributed by atoms with E-state index in [9.17, 15) is 0 Å². The first kappa shape index (κ1) is 11.8. The van der Waals surface area contributed by atoms with Crippen molar-refractivity contribution in [3.05, 3.63) is 23.8 Å². The van der Waals surface area contributed by atoms with Gasteiger partial charge in [0.25, 0.3) is 0 Å². The van der Waals surface area contributed by atoms with Crippen molar-refractivity contribution < 1.29 is 9.47 Å². The predicted molar refractivity (Wildman–Crippen MR) is 67.2 cm³/mol. The Labute approximate surface area is 102 Å². The highest BCUT2D eigenvalue weighted by Gasteiger charge is 2.17. The minimum Gasteiger partial charge on any atom is -0.493 e. The number of nitrogens with one attached hydrogen (secondary N) is 1. The van der Waals surface area contributed by atoms with E-state index in [1.165, 1.54) is 12.8 Å². The summed E-state index contributed by atoms with van der Waals surface area (Å²) in [6.07, 6.45) is 2.35. The fourth-order valence-electron chi connectivity index (χ4n) is 2.11. The van der Waals surface area contributed by atoms with Crippen LogP contribution in [0.25, 0.3) is 0 Å². The maximum atomic E-state index is 8.16. The molecule has 0 unspecified atom stereocenters. The largest absolute Gasteiger partial charge is 0.493 e. The van der Waals surface area contributed by atoms with Gasteiger partial charge < -0.3 is 14.4 Å². The summed E-state index contributed by atoms with van der Waals surface area (Å²) < 4.78 is 10.4. The number of hydrogen-bond donors (Lipinski definition) is 1. The summed E-state index contributed by atoms with van der Waals surface area (Å²) in [5, 5.41) is 8.16. The first-order valence-corrected chi connectivity index (χ1v) is 5.82. The van der Waals surface area contributed by atoms with Crippen molar-refractivity contribution in [1.82, 2.24) is 4.90 Å². The summed E-state index contributed by atoms with van der Waals surface area (Å²) >= 11 is 0. The zero-order valence-electron chi connectivity index (χ0n) is 10.3. The van der Waals surface area contributed by atoms with E-state index in [1.54, 1.807) is 14.2 Å². The number of amidine groups is 1. The highest BCUT2D eigenvalue weighted by Crippen LogP contribution is 2.28. The van der Waals surface area contributed by atoms with Gasteiger partial charge in [0.1, 0.15) is 5.84 Å². The fraction of sp³-hybridized carbons (Fsp3) is 0.462. The molecule has 1 heterocycles. The molecule has 0 spiro atoms. The van der Waals surface area contributed by atoms with E-state index in [1.807, 2.05) is 18.2 Å². The highest BCUT2D eigenvalue weighted by atomic mass is 16.5. The van der Waals surface area contributed by atoms with Crippen molar-refractivity contribution >= 4 is 5.84 Å². The second-order valence-corrected chi connectivity index (χ2v) is 4.11. The van der Waals surface area contributed by atoms with E-state index in [-0.39, 0.29) is 0 Å². The summed E-state index contributed by atoms with van der Waals surface area (Å²) in [5.74, 6) is 1.95. The van der Waals surface area contributed by atoms with Gasteiger partial charge in [-0.1, -0.05) is 0 Å². The third-order valence-corrected chi connectivity index (χ3v) is 3.08. The highest BCUT2D eigenvalue weighted by molar-refractivity contribution is 5.97. The van der Waals surface area contributed by atoms with Crippen molar-refractivity contribution in [1.29, 1.82) is 5.41 Å². The average molecular weight is 234 g/mol. The third kappa shape index (κ3) is 2.35. The van der Waals surface area contributed by atoms with Crippen LogP contribution >= 0.6 is 0 Å². The number of nitrogens with zero attached hydrogens (tertiary/aromatic N) is 1. The quantitative estimate of drug-likeness (QED) is 0.643. The van der Waals surface area contributed by atoms with Gasteiger partial charge in [0, 0.05) is 18.7 Å². The first-order chi connectivity index (χ1) is 8.26. The molecular weight excluding hydrogens is 216 g/mol. The van der Waals surface area contributed by atoms with Crippen molar-refractivity contribution in [2.24, 2.45) is 0 Å². The number of hydrogen-bond acceptors (Lipinski definition) is 3. The van der Waals surface area contributed by atoms with Crippen molar-refractivity contribution in [3.63, 3.8) is 0 Å². The van der Waals surface area contributed by atoms with Crippen molar-refractivity contribution in [2.75, 3.05) is 27.3 Å². The second-order valence-electron chi connectivity index (χ2n) is 4.11. The molecule has 4 nitrogen and oxygen atoms in total. The molecule has 4 heteroatoms. The Bertz CT molecular complexity index is 412. The van der Waals surface area contributed by atoms with Crippen molar-refractivity contribution in [2.45, 2.75) is 12.8 Å². The molecule has 0 bridgehead atoms. The van der Waals surface area contributed by atoms with E-state index >= 15 is 0 Å². The first-order valence-electron chi connectivity index (χ1n) is 5.82. The van der Waals surface area contributed by atoms with E-state index in [4.69, 9.17) is 14.9 Å². The molecule has 1 fully saturated rings. The Morgan fingerprint density at radius 2 is 1.76 bits per heavy atom. The minimum absolute atomic E-state index is 0.573. The van der Waals surface area contributed by atoms with Crippen LogP contribution in [-0.4, -0.2) is 38.0 Å². The molecule has 1 aliphatic rings. The van der Waals surface area contributed by atoms with Crippen LogP contribution in [0.1, 0.15) is 18.4 Å². The lowest BCUT2D eigenvalue weighted by Crippen LogP contribution is -2.27. The smallest absolute Gasteiger partial charge is 0.161 e. The number of benzene rings is 1. The Morgan fingerprint density at radius 1 is 1.12 bits per heavy atom. The van der Waals surface area contributed by atoms with Crippen LogP contribution in [0.2, 0.25) is 0 Å². The maximum absolute atomic E-state index is 8.16. The standard InChI is InChI=1S/C13H18N2O2/c1-16-11-6-5-10(9-12(11)17-2)13(14)15-7-3-4-8-15/h5-6,9,14H,3-4,7-8H2,1-2H3. The zero-order valence-corrected chi connectivity index (χ0v) is 10.3. The summed E-state index contributed by atoms with van der Waals surface area (Å²) in [6.45, 7) is 1.96. The summed E-state index contributed by atoms with van der Waals surface area (Å²) in [4.78, 5) is 2.10. The number of rotatable bonds is 3. The summed E-state index contributed by atoms with van der Waals surface area (Å²) in [7, 11) is 3.23. The maximum Gasteiger partial charge on any atom is 0.161 e. The number of ether oxygens (including phenoxy) is 2. The molecule has 1 aliphatic heterocycles. The van der Waals surface area contributed by atoms with Gasteiger partial charge in [0.15, 0.2) is 11.5 Å². The molecule has 0 aliphatic carbocycles. The zero-order chi connectivity index (χ0) is 12.3. The van der Waals surface area contributed by atoms with Gasteiger partial charge in [-0.05, 0) is 31.0 Å². The van der Waals surface area contributed by atoms with Gasteiger partial charge in [0.05, 0.1) is 14.2 Å². The second kappa shape index (κ2) is 5.08. The Balaban J connectivity index is 2.23. The Hall–Kier alpha value is -1.71. The molecule has 0 atom stereocenters. The van der Waals surface area contributed by atoms with Crippen LogP contribution in [0, 0.1) is 5.41 Å². The molecule has 0 radical (unpaired) electrons. The normalized spacial score (nSPS) is 14.8. The van der Waals surface area contributed by atoms with Gasteiger partial charge in [-0.15, -0.1) is 0 Å². The molecule has 92 valence electrons. The van der Waals surface area contributed by atoms with E-state index < -0.39 is 0 Å². The van der Waals surface area contributed by atoms with Gasteiger partial charge in [-0.25, -0.2) is 0 Å². The lowest BCUT2D eigenvalue weighted by molar-refractivity contribution is 0.355. The molecule has 0 saturated carbocycles. The topological polar surface area (TPSA) is 45.5 Å². The van der Waals surface area contributed by atoms with Crippen LogP contribution in [-0.2, 0) is 0 Å². The van der Waals surface area contributed by atoms with Gasteiger partial charge in [-0.2, -0.15) is 0 Å². The third-order valence-electron chi connectivity index (χ3n) is 3.08. The molecule has 1 N–H and O–H groups in total. The van der Waals surface area contributed by atoms with E-state index in [0.717, 1.165) is 18.7 Å². The van der Waals surface area contributed by atoms with Crippen LogP contribution < -0.4 is 9.47 Å².